The number of carbonyl (C=O) groups excluding carboxylic acids is 1. The molecule has 14 heavy (non-hydrogen) atoms. The van der Waals surface area contributed by atoms with Gasteiger partial charge in [-0.3, -0.25) is 4.79 Å². The number of carbonyl (C=O) groups is 1. The highest BCUT2D eigenvalue weighted by molar-refractivity contribution is 6.33. The Kier molecular flexibility index (Phi) is 3.01. The first kappa shape index (κ1) is 10.9. The number of halogens is 1. The quantitative estimate of drug-likeness (QED) is 0.818. The Bertz CT molecular complexity index is 388. The second kappa shape index (κ2) is 3.88. The first-order valence-corrected chi connectivity index (χ1v) is 4.50. The highest BCUT2D eigenvalue weighted by atomic mass is 35.5. The zero-order valence-corrected chi connectivity index (χ0v) is 9.11. The summed E-state index contributed by atoms with van der Waals surface area (Å²) in [5.41, 5.74) is 7.34. The summed E-state index contributed by atoms with van der Waals surface area (Å²) >= 11 is 6.02. The number of ether oxygens (including phenoxy) is 1. The van der Waals surface area contributed by atoms with Gasteiger partial charge < -0.3 is 10.5 Å². The second-order valence-corrected chi connectivity index (χ2v) is 3.46. The molecular weight excluding hydrogens is 202 g/mol. The molecule has 0 saturated carbocycles. The fourth-order valence-electron chi connectivity index (χ4n) is 1.23. The summed E-state index contributed by atoms with van der Waals surface area (Å²) in [6.45, 7) is 3.73. The topological polar surface area (TPSA) is 52.3 Å². The first-order valence-electron chi connectivity index (χ1n) is 4.12. The van der Waals surface area contributed by atoms with Crippen LogP contribution in [-0.2, 0) is 0 Å². The Morgan fingerprint density at radius 1 is 1.50 bits per heavy atom. The van der Waals surface area contributed by atoms with E-state index in [4.69, 9.17) is 22.1 Å². The molecule has 1 aromatic rings. The van der Waals surface area contributed by atoms with Gasteiger partial charge in [-0.1, -0.05) is 11.6 Å². The van der Waals surface area contributed by atoms with Crippen LogP contribution in [0.5, 0.6) is 5.75 Å². The van der Waals surface area contributed by atoms with Gasteiger partial charge >= 0.3 is 0 Å². The van der Waals surface area contributed by atoms with Crippen molar-refractivity contribution in [3.8, 4) is 5.75 Å². The van der Waals surface area contributed by atoms with Gasteiger partial charge in [0.05, 0.1) is 17.7 Å². The van der Waals surface area contributed by atoms with Crippen LogP contribution in [0.1, 0.15) is 21.5 Å². The molecule has 0 saturated heterocycles. The monoisotopic (exact) mass is 213 g/mol. The van der Waals surface area contributed by atoms with E-state index < -0.39 is 5.91 Å². The van der Waals surface area contributed by atoms with Crippen LogP contribution in [0.15, 0.2) is 6.07 Å². The van der Waals surface area contributed by atoms with E-state index in [1.165, 1.54) is 7.11 Å². The molecule has 0 fully saturated rings. The summed E-state index contributed by atoms with van der Waals surface area (Å²) in [5.74, 6) is -0.186. The Morgan fingerprint density at radius 2 is 2.07 bits per heavy atom. The van der Waals surface area contributed by atoms with E-state index in [0.717, 1.165) is 11.1 Å². The van der Waals surface area contributed by atoms with Crippen molar-refractivity contribution in [2.24, 2.45) is 5.73 Å². The van der Waals surface area contributed by atoms with Crippen molar-refractivity contribution in [1.82, 2.24) is 0 Å². The fourth-order valence-corrected chi connectivity index (χ4v) is 1.56. The Morgan fingerprint density at radius 3 is 2.50 bits per heavy atom. The van der Waals surface area contributed by atoms with E-state index >= 15 is 0 Å². The second-order valence-electron chi connectivity index (χ2n) is 3.08. The maximum atomic E-state index is 11.1. The van der Waals surface area contributed by atoms with Gasteiger partial charge in [-0.15, -0.1) is 0 Å². The molecule has 0 aromatic heterocycles. The number of primary amides is 1. The van der Waals surface area contributed by atoms with Crippen molar-refractivity contribution in [3.63, 3.8) is 0 Å². The van der Waals surface area contributed by atoms with Crippen molar-refractivity contribution < 1.29 is 9.53 Å². The highest BCUT2D eigenvalue weighted by Crippen LogP contribution is 2.33. The lowest BCUT2D eigenvalue weighted by atomic mass is 10.0. The van der Waals surface area contributed by atoms with Gasteiger partial charge in [0.15, 0.2) is 0 Å². The first-order chi connectivity index (χ1) is 6.49. The minimum absolute atomic E-state index is 0.320. The molecule has 1 amide bonds. The van der Waals surface area contributed by atoms with E-state index in [0.29, 0.717) is 16.3 Å². The van der Waals surface area contributed by atoms with Crippen LogP contribution in [0.4, 0.5) is 0 Å². The predicted octanol–water partition coefficient (Wildman–Crippen LogP) is 2.06. The van der Waals surface area contributed by atoms with Crippen LogP contribution in [0.3, 0.4) is 0 Å². The lowest BCUT2D eigenvalue weighted by Gasteiger charge is -2.12. The van der Waals surface area contributed by atoms with E-state index in [-0.39, 0.29) is 0 Å². The van der Waals surface area contributed by atoms with Crippen molar-refractivity contribution in [2.45, 2.75) is 13.8 Å². The Hall–Kier alpha value is -1.22. The largest absolute Gasteiger partial charge is 0.494 e. The van der Waals surface area contributed by atoms with Gasteiger partial charge in [-0.25, -0.2) is 0 Å². The lowest BCUT2D eigenvalue weighted by molar-refractivity contribution is 0.0997. The van der Waals surface area contributed by atoms with Gasteiger partial charge in [0, 0.05) is 0 Å². The molecule has 0 bridgehead atoms. The van der Waals surface area contributed by atoms with Crippen molar-refractivity contribution in [1.29, 1.82) is 0 Å². The van der Waals surface area contributed by atoms with E-state index in [1.807, 2.05) is 13.8 Å². The number of amides is 1. The summed E-state index contributed by atoms with van der Waals surface area (Å²) in [5, 5.41) is 0.446. The molecule has 1 aromatic carbocycles. The summed E-state index contributed by atoms with van der Waals surface area (Å²) < 4.78 is 5.04. The Balaban J connectivity index is 3.51. The number of nitrogens with two attached hydrogens (primary N) is 1. The molecule has 0 aliphatic carbocycles. The SMILES string of the molecule is COc1c(C(N)=O)cc(C)c(C)c1Cl. The number of hydrogen-bond donors (Lipinski definition) is 1. The van der Waals surface area contributed by atoms with Crippen molar-refractivity contribution in [3.05, 3.63) is 27.8 Å². The molecule has 2 N–H and O–H groups in total. The number of methoxy groups -OCH3 is 1. The van der Waals surface area contributed by atoms with E-state index in [2.05, 4.69) is 0 Å². The van der Waals surface area contributed by atoms with Crippen molar-refractivity contribution in [2.75, 3.05) is 7.11 Å². The number of hydrogen-bond acceptors (Lipinski definition) is 2. The number of aryl methyl sites for hydroxylation is 1. The van der Waals surface area contributed by atoms with E-state index in [9.17, 15) is 4.79 Å². The highest BCUT2D eigenvalue weighted by Gasteiger charge is 2.16. The molecule has 0 spiro atoms. The molecule has 0 aliphatic heterocycles. The molecular formula is C10H12ClNO2. The van der Waals surface area contributed by atoms with Gasteiger partial charge in [0.2, 0.25) is 0 Å². The molecule has 1 rings (SSSR count). The average Bonchev–Trinajstić information content (AvgIpc) is 2.13. The zero-order chi connectivity index (χ0) is 10.9. The molecule has 0 atom stereocenters. The minimum Gasteiger partial charge on any atom is -0.494 e. The summed E-state index contributed by atoms with van der Waals surface area (Å²) in [7, 11) is 1.46. The molecule has 0 radical (unpaired) electrons. The van der Waals surface area contributed by atoms with Gasteiger partial charge in [-0.05, 0) is 31.0 Å². The van der Waals surface area contributed by atoms with Crippen molar-refractivity contribution >= 4 is 17.5 Å². The average molecular weight is 214 g/mol. The van der Waals surface area contributed by atoms with Gasteiger partial charge in [0.25, 0.3) is 5.91 Å². The smallest absolute Gasteiger partial charge is 0.252 e. The number of benzene rings is 1. The molecule has 0 heterocycles. The summed E-state index contributed by atoms with van der Waals surface area (Å²) in [6.07, 6.45) is 0. The molecule has 3 nitrogen and oxygen atoms in total. The third-order valence-electron chi connectivity index (χ3n) is 2.20. The van der Waals surface area contributed by atoms with Gasteiger partial charge in [-0.2, -0.15) is 0 Å². The minimum atomic E-state index is -0.535. The normalized spacial score (nSPS) is 10.0. The van der Waals surface area contributed by atoms with Crippen LogP contribution >= 0.6 is 11.6 Å². The third kappa shape index (κ3) is 1.68. The van der Waals surface area contributed by atoms with Crippen LogP contribution < -0.4 is 10.5 Å². The van der Waals surface area contributed by atoms with Crippen LogP contribution in [0.25, 0.3) is 0 Å². The Labute approximate surface area is 87.8 Å². The lowest BCUT2D eigenvalue weighted by Crippen LogP contribution is -2.13. The summed E-state index contributed by atoms with van der Waals surface area (Å²) in [4.78, 5) is 11.1. The fraction of sp³-hybridized carbons (Fsp3) is 0.300. The van der Waals surface area contributed by atoms with Crippen LogP contribution in [-0.4, -0.2) is 13.0 Å². The van der Waals surface area contributed by atoms with Gasteiger partial charge in [0.1, 0.15) is 5.75 Å². The third-order valence-corrected chi connectivity index (χ3v) is 2.65. The van der Waals surface area contributed by atoms with Crippen LogP contribution in [0.2, 0.25) is 5.02 Å². The molecule has 0 unspecified atom stereocenters. The molecule has 0 aliphatic rings. The molecule has 4 heteroatoms. The maximum Gasteiger partial charge on any atom is 0.252 e. The molecule has 76 valence electrons. The van der Waals surface area contributed by atoms with E-state index in [1.54, 1.807) is 6.07 Å². The maximum absolute atomic E-state index is 11.1. The zero-order valence-electron chi connectivity index (χ0n) is 8.35. The number of rotatable bonds is 2. The predicted molar refractivity (Wildman–Crippen MR) is 56.0 cm³/mol. The van der Waals surface area contributed by atoms with Crippen LogP contribution in [0, 0.1) is 13.8 Å². The summed E-state index contributed by atoms with van der Waals surface area (Å²) in [6, 6.07) is 1.68. The standard InChI is InChI=1S/C10H12ClNO2/c1-5-4-7(10(12)13)9(14-3)8(11)6(5)2/h4H,1-3H3,(H2,12,13).